The van der Waals surface area contributed by atoms with Crippen LogP contribution >= 0.6 is 11.6 Å². The summed E-state index contributed by atoms with van der Waals surface area (Å²) in [5, 5.41) is 6.43. The van der Waals surface area contributed by atoms with Crippen LogP contribution in [-0.4, -0.2) is 23.0 Å². The molecule has 0 bridgehead atoms. The largest absolute Gasteiger partial charge is 0.495 e. The van der Waals surface area contributed by atoms with E-state index < -0.39 is 0 Å². The molecule has 0 radical (unpaired) electrons. The van der Waals surface area contributed by atoms with Gasteiger partial charge in [-0.1, -0.05) is 36.7 Å². The van der Waals surface area contributed by atoms with E-state index in [2.05, 4.69) is 33.6 Å². The highest BCUT2D eigenvalue weighted by atomic mass is 35.5. The van der Waals surface area contributed by atoms with Gasteiger partial charge >= 0.3 is 0 Å². The first-order valence-electron chi connectivity index (χ1n) is 8.85. The van der Waals surface area contributed by atoms with Gasteiger partial charge in [0, 0.05) is 17.6 Å². The summed E-state index contributed by atoms with van der Waals surface area (Å²) < 4.78 is 5.12. The summed E-state index contributed by atoms with van der Waals surface area (Å²) >= 11 is 6.11. The van der Waals surface area contributed by atoms with Gasteiger partial charge in [-0.2, -0.15) is 0 Å². The Morgan fingerprint density at radius 3 is 2.75 bits per heavy atom. The van der Waals surface area contributed by atoms with Gasteiger partial charge in [0.25, 0.3) is 5.91 Å². The fourth-order valence-corrected chi connectivity index (χ4v) is 3.06. The van der Waals surface area contributed by atoms with Crippen LogP contribution in [0.15, 0.2) is 48.7 Å². The van der Waals surface area contributed by atoms with Gasteiger partial charge in [0.15, 0.2) is 0 Å². The molecule has 0 saturated carbocycles. The lowest BCUT2D eigenvalue weighted by molar-refractivity contribution is 0.102. The minimum atomic E-state index is -0.354. The minimum Gasteiger partial charge on any atom is -0.495 e. The first-order valence-corrected chi connectivity index (χ1v) is 9.23. The molecule has 1 heterocycles. The van der Waals surface area contributed by atoms with Gasteiger partial charge in [-0.15, -0.1) is 0 Å². The number of nitrogens with one attached hydrogen (secondary N) is 2. The normalized spacial score (nSPS) is 10.4. The smallest absolute Gasteiger partial charge is 0.274 e. The fourth-order valence-electron chi connectivity index (χ4n) is 2.80. The average molecular weight is 397 g/mol. The van der Waals surface area contributed by atoms with Crippen LogP contribution in [0.4, 0.5) is 17.3 Å². The highest BCUT2D eigenvalue weighted by Crippen LogP contribution is 2.27. The third kappa shape index (κ3) is 4.40. The average Bonchev–Trinajstić information content (AvgIpc) is 2.70. The Hall–Kier alpha value is -3.12. The Labute approximate surface area is 168 Å². The van der Waals surface area contributed by atoms with E-state index in [1.165, 1.54) is 7.11 Å². The number of hydrogen-bond acceptors (Lipinski definition) is 5. The minimum absolute atomic E-state index is 0.246. The fraction of sp³-hybridized carbons (Fsp3) is 0.190. The summed E-state index contributed by atoms with van der Waals surface area (Å²) in [6.07, 6.45) is 2.43. The highest BCUT2D eigenvalue weighted by Gasteiger charge is 2.12. The first-order chi connectivity index (χ1) is 13.5. The van der Waals surface area contributed by atoms with E-state index in [1.54, 1.807) is 30.5 Å². The molecule has 0 aliphatic rings. The molecule has 0 spiro atoms. The van der Waals surface area contributed by atoms with Gasteiger partial charge in [-0.3, -0.25) is 4.79 Å². The number of para-hydroxylation sites is 1. The Bertz CT molecular complexity index is 1010. The summed E-state index contributed by atoms with van der Waals surface area (Å²) in [7, 11) is 1.54. The Morgan fingerprint density at radius 2 is 2.04 bits per heavy atom. The molecular formula is C21H21ClN4O2. The van der Waals surface area contributed by atoms with Crippen molar-refractivity contribution in [1.29, 1.82) is 0 Å². The van der Waals surface area contributed by atoms with Crippen molar-refractivity contribution in [2.75, 3.05) is 17.7 Å². The van der Waals surface area contributed by atoms with Gasteiger partial charge in [0.05, 0.1) is 12.1 Å². The van der Waals surface area contributed by atoms with Crippen molar-refractivity contribution < 1.29 is 9.53 Å². The second-order valence-corrected chi connectivity index (χ2v) is 6.56. The Morgan fingerprint density at radius 1 is 1.21 bits per heavy atom. The molecule has 28 heavy (non-hydrogen) atoms. The SMILES string of the molecule is CCc1cccc(C)c1Nc1nccc(C(=O)Nc2ccc(OC)c(Cl)c2)n1. The number of carbonyl (C=O) groups is 1. The monoisotopic (exact) mass is 396 g/mol. The van der Waals surface area contributed by atoms with Crippen LogP contribution in [0.2, 0.25) is 5.02 Å². The first kappa shape index (κ1) is 19.6. The second-order valence-electron chi connectivity index (χ2n) is 6.16. The molecule has 0 unspecified atom stereocenters. The highest BCUT2D eigenvalue weighted by molar-refractivity contribution is 6.32. The van der Waals surface area contributed by atoms with E-state index >= 15 is 0 Å². The molecule has 0 atom stereocenters. The van der Waals surface area contributed by atoms with Crippen LogP contribution in [0.25, 0.3) is 0 Å². The number of aromatic nitrogens is 2. The standard InChI is InChI=1S/C21H21ClN4O2/c1-4-14-7-5-6-13(2)19(14)26-21-23-11-10-17(25-21)20(27)24-15-8-9-18(28-3)16(22)12-15/h5-12H,4H2,1-3H3,(H,24,27)(H,23,25,26). The molecule has 0 fully saturated rings. The molecular weight excluding hydrogens is 376 g/mol. The molecule has 1 aromatic heterocycles. The number of benzene rings is 2. The molecule has 7 heteroatoms. The maximum absolute atomic E-state index is 12.6. The van der Waals surface area contributed by atoms with Crippen molar-refractivity contribution in [2.24, 2.45) is 0 Å². The number of amides is 1. The number of methoxy groups -OCH3 is 1. The zero-order chi connectivity index (χ0) is 20.1. The number of nitrogens with zero attached hydrogens (tertiary/aromatic N) is 2. The van der Waals surface area contributed by atoms with E-state index in [4.69, 9.17) is 16.3 Å². The molecule has 144 valence electrons. The summed E-state index contributed by atoms with van der Waals surface area (Å²) in [4.78, 5) is 21.2. The number of aryl methyl sites for hydroxylation is 2. The van der Waals surface area contributed by atoms with Gasteiger partial charge in [-0.25, -0.2) is 9.97 Å². The lowest BCUT2D eigenvalue weighted by atomic mass is 10.1. The van der Waals surface area contributed by atoms with Crippen LogP contribution < -0.4 is 15.4 Å². The molecule has 0 saturated heterocycles. The molecule has 6 nitrogen and oxygen atoms in total. The van der Waals surface area contributed by atoms with Crippen molar-refractivity contribution in [1.82, 2.24) is 9.97 Å². The van der Waals surface area contributed by atoms with Crippen LogP contribution in [0.3, 0.4) is 0 Å². The second kappa shape index (κ2) is 8.71. The van der Waals surface area contributed by atoms with E-state index in [0.717, 1.165) is 23.2 Å². The van der Waals surface area contributed by atoms with Crippen molar-refractivity contribution in [2.45, 2.75) is 20.3 Å². The van der Waals surface area contributed by atoms with Gasteiger partial charge < -0.3 is 15.4 Å². The summed E-state index contributed by atoms with van der Waals surface area (Å²) in [5.74, 6) is 0.551. The van der Waals surface area contributed by atoms with Crippen LogP contribution in [0, 0.1) is 6.92 Å². The van der Waals surface area contributed by atoms with Crippen molar-refractivity contribution in [3.63, 3.8) is 0 Å². The van der Waals surface area contributed by atoms with E-state index in [9.17, 15) is 4.79 Å². The maximum Gasteiger partial charge on any atom is 0.274 e. The third-order valence-electron chi connectivity index (χ3n) is 4.27. The van der Waals surface area contributed by atoms with E-state index in [0.29, 0.717) is 22.4 Å². The van der Waals surface area contributed by atoms with Gasteiger partial charge in [0.1, 0.15) is 11.4 Å². The van der Waals surface area contributed by atoms with Gasteiger partial charge in [0.2, 0.25) is 5.95 Å². The van der Waals surface area contributed by atoms with Crippen molar-refractivity contribution in [3.8, 4) is 5.75 Å². The summed E-state index contributed by atoms with van der Waals surface area (Å²) in [5.41, 5.74) is 4.01. The quantitative estimate of drug-likeness (QED) is 0.612. The third-order valence-corrected chi connectivity index (χ3v) is 4.57. The Balaban J connectivity index is 1.80. The summed E-state index contributed by atoms with van der Waals surface area (Å²) in [6.45, 7) is 4.11. The van der Waals surface area contributed by atoms with Crippen molar-refractivity contribution >= 4 is 34.8 Å². The number of hydrogen-bond donors (Lipinski definition) is 2. The van der Waals surface area contributed by atoms with Crippen LogP contribution in [0.1, 0.15) is 28.5 Å². The number of anilines is 3. The lowest BCUT2D eigenvalue weighted by Crippen LogP contribution is -2.15. The predicted molar refractivity (Wildman–Crippen MR) is 112 cm³/mol. The molecule has 3 rings (SSSR count). The zero-order valence-corrected chi connectivity index (χ0v) is 16.7. The van der Waals surface area contributed by atoms with Gasteiger partial charge in [-0.05, 0) is 48.7 Å². The van der Waals surface area contributed by atoms with Crippen molar-refractivity contribution in [3.05, 3.63) is 70.5 Å². The molecule has 1 amide bonds. The zero-order valence-electron chi connectivity index (χ0n) is 15.9. The number of halogens is 1. The molecule has 3 aromatic rings. The van der Waals surface area contributed by atoms with E-state index in [-0.39, 0.29) is 11.6 Å². The van der Waals surface area contributed by atoms with Crippen LogP contribution in [-0.2, 0) is 6.42 Å². The number of rotatable bonds is 6. The number of ether oxygens (including phenoxy) is 1. The topological polar surface area (TPSA) is 76.1 Å². The molecule has 2 aromatic carbocycles. The molecule has 0 aliphatic carbocycles. The Kier molecular flexibility index (Phi) is 6.11. The predicted octanol–water partition coefficient (Wildman–Crippen LogP) is 5.01. The molecule has 0 aliphatic heterocycles. The summed E-state index contributed by atoms with van der Waals surface area (Å²) in [6, 6.07) is 12.7. The lowest BCUT2D eigenvalue weighted by Gasteiger charge is -2.13. The maximum atomic E-state index is 12.6. The molecule has 2 N–H and O–H groups in total. The number of carbonyl (C=O) groups excluding carboxylic acids is 1. The van der Waals surface area contributed by atoms with Crippen LogP contribution in [0.5, 0.6) is 5.75 Å². The van der Waals surface area contributed by atoms with E-state index in [1.807, 2.05) is 19.1 Å².